The van der Waals surface area contributed by atoms with Crippen LogP contribution in [0.3, 0.4) is 0 Å². The highest BCUT2D eigenvalue weighted by atomic mass is 35.5. The number of hydrogen-bond acceptors (Lipinski definition) is 5. The van der Waals surface area contributed by atoms with Crippen molar-refractivity contribution in [2.75, 3.05) is 5.32 Å². The Kier molecular flexibility index (Phi) is 7.39. The molecule has 1 amide bonds. The van der Waals surface area contributed by atoms with Crippen molar-refractivity contribution in [3.63, 3.8) is 0 Å². The van der Waals surface area contributed by atoms with Crippen molar-refractivity contribution >= 4 is 40.8 Å². The topological polar surface area (TPSA) is 90.3 Å². The normalized spacial score (nSPS) is 11.2. The van der Waals surface area contributed by atoms with E-state index in [0.717, 1.165) is 16.2 Å². The highest BCUT2D eigenvalue weighted by Gasteiger charge is 2.38. The fourth-order valence-electron chi connectivity index (χ4n) is 2.80. The van der Waals surface area contributed by atoms with Gasteiger partial charge in [0.05, 0.1) is 5.69 Å². The number of amides is 1. The van der Waals surface area contributed by atoms with Gasteiger partial charge in [-0.1, -0.05) is 65.7 Å². The summed E-state index contributed by atoms with van der Waals surface area (Å²) < 4.78 is 43.8. The number of hydrogen-bond donors (Lipinski definition) is 1. The Hall–Kier alpha value is -3.37. The van der Waals surface area contributed by atoms with Crippen LogP contribution >= 0.6 is 23.2 Å². The summed E-state index contributed by atoms with van der Waals surface area (Å²) in [6.07, 6.45) is -5.10. The second-order valence-corrected chi connectivity index (χ2v) is 7.33. The largest absolute Gasteiger partial charge is 0.471 e. The van der Waals surface area contributed by atoms with Crippen LogP contribution in [0.4, 0.5) is 18.9 Å². The standard InChI is InChI=1S/C21H14Cl2F3N3O4/c22-17-16(13-7-4-8-14(9-13)27-20(32)21(24,25)26)29(19(31)18(23)28-17)10-15(30)33-11-12-5-2-1-3-6-12/h1-9H,10-11H2,(H,27,32). The molecule has 0 aliphatic heterocycles. The van der Waals surface area contributed by atoms with Gasteiger partial charge in [-0.05, 0) is 17.7 Å². The first-order valence-electron chi connectivity index (χ1n) is 9.20. The third kappa shape index (κ3) is 6.11. The van der Waals surface area contributed by atoms with E-state index in [1.165, 1.54) is 18.2 Å². The maximum atomic E-state index is 12.6. The van der Waals surface area contributed by atoms with Gasteiger partial charge in [-0.3, -0.25) is 19.0 Å². The summed E-state index contributed by atoms with van der Waals surface area (Å²) in [6.45, 7) is -0.642. The number of esters is 1. The molecule has 2 aromatic carbocycles. The van der Waals surface area contributed by atoms with Crippen molar-refractivity contribution in [1.82, 2.24) is 9.55 Å². The van der Waals surface area contributed by atoms with Gasteiger partial charge in [0, 0.05) is 11.3 Å². The monoisotopic (exact) mass is 499 g/mol. The van der Waals surface area contributed by atoms with E-state index in [1.807, 2.05) is 0 Å². The van der Waals surface area contributed by atoms with Gasteiger partial charge in [0.25, 0.3) is 5.56 Å². The number of rotatable bonds is 6. The van der Waals surface area contributed by atoms with E-state index >= 15 is 0 Å². The molecule has 1 aromatic heterocycles. The van der Waals surface area contributed by atoms with E-state index in [0.29, 0.717) is 0 Å². The lowest BCUT2D eigenvalue weighted by atomic mass is 10.1. The number of halogens is 5. The SMILES string of the molecule is O=C(Cn1c(-c2cccc(NC(=O)C(F)(F)F)c2)c(Cl)nc(Cl)c1=O)OCc1ccccc1. The number of carbonyl (C=O) groups excluding carboxylic acids is 2. The summed E-state index contributed by atoms with van der Waals surface area (Å²) in [6, 6.07) is 13.9. The lowest BCUT2D eigenvalue weighted by Gasteiger charge is -2.15. The molecule has 33 heavy (non-hydrogen) atoms. The predicted molar refractivity (Wildman–Crippen MR) is 115 cm³/mol. The molecule has 0 aliphatic rings. The molecule has 0 unspecified atom stereocenters. The number of aromatic nitrogens is 2. The molecule has 1 heterocycles. The summed E-state index contributed by atoms with van der Waals surface area (Å²) >= 11 is 12.0. The smallest absolute Gasteiger partial charge is 0.459 e. The van der Waals surface area contributed by atoms with E-state index < -0.39 is 35.3 Å². The Morgan fingerprint density at radius 1 is 1.03 bits per heavy atom. The summed E-state index contributed by atoms with van der Waals surface area (Å²) in [5, 5.41) is 0.908. The van der Waals surface area contributed by atoms with Crippen LogP contribution in [-0.2, 0) is 27.5 Å². The Balaban J connectivity index is 1.92. The van der Waals surface area contributed by atoms with Crippen molar-refractivity contribution in [3.8, 4) is 11.3 Å². The molecular formula is C21H14Cl2F3N3O4. The van der Waals surface area contributed by atoms with E-state index in [9.17, 15) is 27.6 Å². The quantitative estimate of drug-likeness (QED) is 0.505. The van der Waals surface area contributed by atoms with Crippen LogP contribution in [0.2, 0.25) is 10.3 Å². The van der Waals surface area contributed by atoms with Crippen LogP contribution in [0.5, 0.6) is 0 Å². The Morgan fingerprint density at radius 2 is 1.73 bits per heavy atom. The molecule has 0 aliphatic carbocycles. The maximum Gasteiger partial charge on any atom is 0.471 e. The third-order valence-electron chi connectivity index (χ3n) is 4.26. The molecule has 0 fully saturated rings. The maximum absolute atomic E-state index is 12.6. The molecule has 12 heteroatoms. The molecule has 0 radical (unpaired) electrons. The van der Waals surface area contributed by atoms with Crippen LogP contribution in [0.1, 0.15) is 5.56 Å². The van der Waals surface area contributed by atoms with Gasteiger partial charge in [0.15, 0.2) is 10.3 Å². The number of alkyl halides is 3. The van der Waals surface area contributed by atoms with E-state index in [4.69, 9.17) is 27.9 Å². The molecule has 1 N–H and O–H groups in total. The van der Waals surface area contributed by atoms with Gasteiger partial charge in [0.2, 0.25) is 0 Å². The van der Waals surface area contributed by atoms with Crippen molar-refractivity contribution in [1.29, 1.82) is 0 Å². The number of carbonyl (C=O) groups is 2. The number of anilines is 1. The molecular weight excluding hydrogens is 486 g/mol. The van der Waals surface area contributed by atoms with Gasteiger partial charge in [0.1, 0.15) is 13.2 Å². The minimum absolute atomic E-state index is 0.0464. The lowest BCUT2D eigenvalue weighted by Crippen LogP contribution is -2.30. The summed E-state index contributed by atoms with van der Waals surface area (Å²) in [5.74, 6) is -2.97. The number of benzene rings is 2. The number of nitrogens with zero attached hydrogens (tertiary/aromatic N) is 2. The zero-order chi connectivity index (χ0) is 24.2. The van der Waals surface area contributed by atoms with Crippen molar-refractivity contribution < 1.29 is 27.5 Å². The minimum atomic E-state index is -5.10. The molecule has 0 spiro atoms. The van der Waals surface area contributed by atoms with E-state index in [-0.39, 0.29) is 28.7 Å². The molecule has 0 bridgehead atoms. The van der Waals surface area contributed by atoms with E-state index in [2.05, 4.69) is 4.98 Å². The molecule has 0 saturated heterocycles. The first-order chi connectivity index (χ1) is 15.6. The second kappa shape index (κ2) is 10.1. The first-order valence-corrected chi connectivity index (χ1v) is 9.96. The van der Waals surface area contributed by atoms with Crippen molar-refractivity contribution in [2.24, 2.45) is 0 Å². The van der Waals surface area contributed by atoms with Gasteiger partial charge < -0.3 is 10.1 Å². The van der Waals surface area contributed by atoms with Crippen LogP contribution < -0.4 is 10.9 Å². The fourth-order valence-corrected chi connectivity index (χ4v) is 3.32. The van der Waals surface area contributed by atoms with Gasteiger partial charge in [-0.2, -0.15) is 13.2 Å². The Bertz CT molecular complexity index is 1250. The van der Waals surface area contributed by atoms with Crippen molar-refractivity contribution in [3.05, 3.63) is 80.8 Å². The van der Waals surface area contributed by atoms with Gasteiger partial charge >= 0.3 is 18.1 Å². The van der Waals surface area contributed by atoms with E-state index in [1.54, 1.807) is 35.6 Å². The molecule has 3 aromatic rings. The predicted octanol–water partition coefficient (Wildman–Crippen LogP) is 4.46. The van der Waals surface area contributed by atoms with Crippen LogP contribution in [0, 0.1) is 0 Å². The van der Waals surface area contributed by atoms with Crippen LogP contribution in [-0.4, -0.2) is 27.6 Å². The molecule has 172 valence electrons. The Labute approximate surface area is 194 Å². The fraction of sp³-hybridized carbons (Fsp3) is 0.143. The molecule has 0 atom stereocenters. The zero-order valence-corrected chi connectivity index (χ0v) is 18.0. The summed E-state index contributed by atoms with van der Waals surface area (Å²) in [5.41, 5.74) is -0.343. The van der Waals surface area contributed by atoms with Gasteiger partial charge in [-0.25, -0.2) is 4.98 Å². The summed E-state index contributed by atoms with van der Waals surface area (Å²) in [4.78, 5) is 40.0. The zero-order valence-electron chi connectivity index (χ0n) is 16.5. The highest BCUT2D eigenvalue weighted by molar-refractivity contribution is 6.33. The first kappa shape index (κ1) is 24.3. The highest BCUT2D eigenvalue weighted by Crippen LogP contribution is 2.29. The van der Waals surface area contributed by atoms with Crippen LogP contribution in [0.25, 0.3) is 11.3 Å². The van der Waals surface area contributed by atoms with Gasteiger partial charge in [-0.15, -0.1) is 0 Å². The third-order valence-corrected chi connectivity index (χ3v) is 4.77. The molecule has 3 rings (SSSR count). The number of ether oxygens (including phenoxy) is 1. The minimum Gasteiger partial charge on any atom is -0.459 e. The second-order valence-electron chi connectivity index (χ2n) is 6.61. The number of nitrogens with one attached hydrogen (secondary N) is 1. The average Bonchev–Trinajstić information content (AvgIpc) is 2.76. The van der Waals surface area contributed by atoms with Crippen molar-refractivity contribution in [2.45, 2.75) is 19.3 Å². The molecule has 7 nitrogen and oxygen atoms in total. The van der Waals surface area contributed by atoms with Crippen LogP contribution in [0.15, 0.2) is 59.4 Å². The lowest BCUT2D eigenvalue weighted by molar-refractivity contribution is -0.167. The summed E-state index contributed by atoms with van der Waals surface area (Å²) in [7, 11) is 0. The average molecular weight is 500 g/mol. The molecule has 0 saturated carbocycles. The Morgan fingerprint density at radius 3 is 2.39 bits per heavy atom.